The van der Waals surface area contributed by atoms with E-state index in [2.05, 4.69) is 39.2 Å². The first-order chi connectivity index (χ1) is 13.2. The lowest BCUT2D eigenvalue weighted by Crippen LogP contribution is -2.49. The van der Waals surface area contributed by atoms with E-state index in [-0.39, 0.29) is 6.61 Å². The monoisotopic (exact) mass is 369 g/mol. The molecule has 27 heavy (non-hydrogen) atoms. The van der Waals surface area contributed by atoms with Crippen LogP contribution in [0.3, 0.4) is 0 Å². The van der Waals surface area contributed by atoms with E-state index in [4.69, 9.17) is 9.94 Å². The molecule has 1 aliphatic rings. The normalized spacial score (nSPS) is 17.0. The summed E-state index contributed by atoms with van der Waals surface area (Å²) in [5, 5.41) is 22.4. The van der Waals surface area contributed by atoms with Crippen LogP contribution in [0.1, 0.15) is 12.5 Å². The van der Waals surface area contributed by atoms with Gasteiger partial charge in [0.15, 0.2) is 0 Å². The molecule has 0 unspecified atom stereocenters. The van der Waals surface area contributed by atoms with Crippen LogP contribution in [0.4, 0.5) is 5.69 Å². The van der Waals surface area contributed by atoms with Gasteiger partial charge in [0.2, 0.25) is 0 Å². The molecule has 0 aromatic heterocycles. The molecule has 1 fully saturated rings. The molecule has 0 radical (unpaired) electrons. The van der Waals surface area contributed by atoms with Crippen LogP contribution in [0.15, 0.2) is 59.8 Å². The van der Waals surface area contributed by atoms with Gasteiger partial charge in [0.05, 0.1) is 5.71 Å². The van der Waals surface area contributed by atoms with E-state index < -0.39 is 6.10 Å². The van der Waals surface area contributed by atoms with Crippen LogP contribution in [0.25, 0.3) is 0 Å². The van der Waals surface area contributed by atoms with Crippen LogP contribution in [-0.2, 0) is 0 Å². The SMILES string of the molecule is C/C(=N/O)c1cccc(OC[C@@H](O)CN2CCN(c3ccccc3)CC2)c1. The number of nitrogens with zero attached hydrogens (tertiary/aromatic N) is 3. The van der Waals surface area contributed by atoms with E-state index in [9.17, 15) is 5.11 Å². The summed E-state index contributed by atoms with van der Waals surface area (Å²) in [5.74, 6) is 0.656. The van der Waals surface area contributed by atoms with Crippen molar-refractivity contribution in [2.24, 2.45) is 5.16 Å². The smallest absolute Gasteiger partial charge is 0.120 e. The van der Waals surface area contributed by atoms with Crippen LogP contribution in [-0.4, -0.2) is 66.4 Å². The third-order valence-corrected chi connectivity index (χ3v) is 4.81. The van der Waals surface area contributed by atoms with Gasteiger partial charge in [-0.25, -0.2) is 0 Å². The minimum absolute atomic E-state index is 0.234. The molecule has 0 bridgehead atoms. The zero-order chi connectivity index (χ0) is 19.1. The highest BCUT2D eigenvalue weighted by Crippen LogP contribution is 2.17. The first-order valence-corrected chi connectivity index (χ1v) is 9.28. The lowest BCUT2D eigenvalue weighted by atomic mass is 10.1. The fourth-order valence-corrected chi connectivity index (χ4v) is 3.24. The zero-order valence-electron chi connectivity index (χ0n) is 15.7. The van der Waals surface area contributed by atoms with Crippen LogP contribution in [0, 0.1) is 0 Å². The summed E-state index contributed by atoms with van der Waals surface area (Å²) < 4.78 is 5.71. The summed E-state index contributed by atoms with van der Waals surface area (Å²) in [6.07, 6.45) is -0.551. The van der Waals surface area contributed by atoms with Crippen LogP contribution in [0.5, 0.6) is 5.75 Å². The van der Waals surface area contributed by atoms with E-state index in [1.165, 1.54) is 5.69 Å². The molecule has 1 atom stereocenters. The lowest BCUT2D eigenvalue weighted by molar-refractivity contribution is 0.0663. The molecule has 0 aliphatic carbocycles. The van der Waals surface area contributed by atoms with E-state index in [1.807, 2.05) is 24.3 Å². The molecule has 2 aromatic carbocycles. The maximum Gasteiger partial charge on any atom is 0.120 e. The molecule has 0 spiro atoms. The average Bonchev–Trinajstić information content (AvgIpc) is 2.73. The Bertz CT molecular complexity index is 743. The highest BCUT2D eigenvalue weighted by molar-refractivity contribution is 5.98. The van der Waals surface area contributed by atoms with Crippen molar-refractivity contribution < 1.29 is 15.1 Å². The number of aliphatic hydroxyl groups excluding tert-OH is 1. The Morgan fingerprint density at radius 1 is 1.07 bits per heavy atom. The summed E-state index contributed by atoms with van der Waals surface area (Å²) >= 11 is 0. The molecule has 6 heteroatoms. The summed E-state index contributed by atoms with van der Waals surface area (Å²) in [6.45, 7) is 6.32. The molecule has 0 amide bonds. The van der Waals surface area contributed by atoms with Gasteiger partial charge in [-0.2, -0.15) is 0 Å². The van der Waals surface area contributed by atoms with Gasteiger partial charge in [0, 0.05) is 44.0 Å². The van der Waals surface area contributed by atoms with E-state index in [0.717, 1.165) is 31.7 Å². The maximum absolute atomic E-state index is 10.3. The number of piperazine rings is 1. The Hall–Kier alpha value is -2.57. The van der Waals surface area contributed by atoms with Crippen molar-refractivity contribution >= 4 is 11.4 Å². The minimum atomic E-state index is -0.551. The van der Waals surface area contributed by atoms with Gasteiger partial charge in [0.1, 0.15) is 18.5 Å². The largest absolute Gasteiger partial charge is 0.491 e. The van der Waals surface area contributed by atoms with Crippen molar-refractivity contribution in [1.82, 2.24) is 4.90 Å². The molecule has 2 N–H and O–H groups in total. The molecular weight excluding hydrogens is 342 g/mol. The molecule has 3 rings (SSSR count). The Morgan fingerprint density at radius 3 is 2.52 bits per heavy atom. The highest BCUT2D eigenvalue weighted by atomic mass is 16.5. The van der Waals surface area contributed by atoms with Crippen LogP contribution in [0.2, 0.25) is 0 Å². The van der Waals surface area contributed by atoms with Crippen molar-refractivity contribution in [3.63, 3.8) is 0 Å². The van der Waals surface area contributed by atoms with Crippen molar-refractivity contribution in [2.75, 3.05) is 44.2 Å². The van der Waals surface area contributed by atoms with Crippen molar-refractivity contribution in [3.8, 4) is 5.75 Å². The first kappa shape index (κ1) is 19.2. The van der Waals surface area contributed by atoms with Crippen molar-refractivity contribution in [3.05, 3.63) is 60.2 Å². The number of rotatable bonds is 7. The number of hydrogen-bond acceptors (Lipinski definition) is 6. The molecule has 6 nitrogen and oxygen atoms in total. The highest BCUT2D eigenvalue weighted by Gasteiger charge is 2.19. The Balaban J connectivity index is 1.43. The third kappa shape index (κ3) is 5.45. The van der Waals surface area contributed by atoms with E-state index in [0.29, 0.717) is 18.0 Å². The molecule has 2 aromatic rings. The summed E-state index contributed by atoms with van der Waals surface area (Å²) in [5.41, 5.74) is 2.57. The number of benzene rings is 2. The summed E-state index contributed by atoms with van der Waals surface area (Å²) in [7, 11) is 0. The van der Waals surface area contributed by atoms with Gasteiger partial charge in [-0.1, -0.05) is 35.5 Å². The summed E-state index contributed by atoms with van der Waals surface area (Å²) in [4.78, 5) is 4.64. The fraction of sp³-hybridized carbons (Fsp3) is 0.381. The second-order valence-electron chi connectivity index (χ2n) is 6.80. The quantitative estimate of drug-likeness (QED) is 0.446. The number of aliphatic hydroxyl groups is 1. The van der Waals surface area contributed by atoms with E-state index in [1.54, 1.807) is 13.0 Å². The topological polar surface area (TPSA) is 68.5 Å². The zero-order valence-corrected chi connectivity index (χ0v) is 15.7. The Kier molecular flexibility index (Phi) is 6.68. The van der Waals surface area contributed by atoms with Crippen molar-refractivity contribution in [1.29, 1.82) is 0 Å². The number of ether oxygens (including phenoxy) is 1. The Morgan fingerprint density at radius 2 is 1.81 bits per heavy atom. The predicted molar refractivity (Wildman–Crippen MR) is 107 cm³/mol. The van der Waals surface area contributed by atoms with Gasteiger partial charge in [-0.05, 0) is 31.2 Å². The predicted octanol–water partition coefficient (Wildman–Crippen LogP) is 2.45. The maximum atomic E-state index is 10.3. The summed E-state index contributed by atoms with van der Waals surface area (Å²) in [6, 6.07) is 17.8. The van der Waals surface area contributed by atoms with Gasteiger partial charge < -0.3 is 20.0 Å². The number of para-hydroxylation sites is 1. The number of β-amino-alcohol motifs (C(OH)–C–C–N with tert-alkyl or cyclic N) is 1. The Labute approximate surface area is 160 Å². The number of hydrogen-bond donors (Lipinski definition) is 2. The number of oxime groups is 1. The van der Waals surface area contributed by atoms with E-state index >= 15 is 0 Å². The molecule has 0 saturated carbocycles. The second kappa shape index (κ2) is 9.39. The molecule has 1 saturated heterocycles. The van der Waals surface area contributed by atoms with Crippen molar-refractivity contribution in [2.45, 2.75) is 13.0 Å². The molecule has 1 aliphatic heterocycles. The van der Waals surface area contributed by atoms with Gasteiger partial charge in [0.25, 0.3) is 0 Å². The molecule has 1 heterocycles. The first-order valence-electron chi connectivity index (χ1n) is 9.28. The average molecular weight is 369 g/mol. The van der Waals surface area contributed by atoms with Crippen LogP contribution >= 0.6 is 0 Å². The second-order valence-corrected chi connectivity index (χ2v) is 6.80. The van der Waals surface area contributed by atoms with Gasteiger partial charge in [-0.3, -0.25) is 4.90 Å². The minimum Gasteiger partial charge on any atom is -0.491 e. The van der Waals surface area contributed by atoms with Crippen LogP contribution < -0.4 is 9.64 Å². The lowest BCUT2D eigenvalue weighted by Gasteiger charge is -2.36. The number of anilines is 1. The standard InChI is InChI=1S/C21H27N3O3/c1-17(22-26)18-6-5-9-21(14-18)27-16-20(25)15-23-10-12-24(13-11-23)19-7-3-2-4-8-19/h2-9,14,20,25-26H,10-13,15-16H2,1H3/b22-17-/t20-/m0/s1. The van der Waals surface area contributed by atoms with Gasteiger partial charge in [-0.15, -0.1) is 0 Å². The third-order valence-electron chi connectivity index (χ3n) is 4.81. The molecule has 144 valence electrons. The fourth-order valence-electron chi connectivity index (χ4n) is 3.24. The molecular formula is C21H27N3O3. The van der Waals surface area contributed by atoms with Gasteiger partial charge >= 0.3 is 0 Å².